The molecule has 0 spiro atoms. The molecule has 1 N–H and O–H groups in total. The molecule has 5 rings (SSSR count). The van der Waals surface area contributed by atoms with Gasteiger partial charge in [-0.1, -0.05) is 55.8 Å². The fourth-order valence-corrected chi connectivity index (χ4v) is 4.70. The van der Waals surface area contributed by atoms with Crippen LogP contribution < -0.4 is 0 Å². The Morgan fingerprint density at radius 1 is 1.11 bits per heavy atom. The van der Waals surface area contributed by atoms with Crippen molar-refractivity contribution < 1.29 is 0 Å². The van der Waals surface area contributed by atoms with Crippen molar-refractivity contribution >= 4 is 33.4 Å². The monoisotopic (exact) mass is 374 g/mol. The van der Waals surface area contributed by atoms with Crippen molar-refractivity contribution in [2.45, 2.75) is 39.5 Å². The third-order valence-corrected chi connectivity index (χ3v) is 6.11. The molecule has 2 heterocycles. The van der Waals surface area contributed by atoms with E-state index in [4.69, 9.17) is 16.6 Å². The van der Waals surface area contributed by atoms with Crippen LogP contribution in [0.2, 0.25) is 5.02 Å². The first kappa shape index (κ1) is 16.8. The van der Waals surface area contributed by atoms with Gasteiger partial charge in [0.15, 0.2) is 0 Å². The summed E-state index contributed by atoms with van der Waals surface area (Å²) in [6.45, 7) is 4.71. The van der Waals surface area contributed by atoms with Gasteiger partial charge in [-0.3, -0.25) is 4.98 Å². The van der Waals surface area contributed by atoms with E-state index in [1.165, 1.54) is 45.0 Å². The van der Waals surface area contributed by atoms with E-state index >= 15 is 0 Å². The maximum Gasteiger partial charge on any atom is 0.0691 e. The van der Waals surface area contributed by atoms with Crippen LogP contribution in [0.5, 0.6) is 0 Å². The zero-order chi connectivity index (χ0) is 18.6. The van der Waals surface area contributed by atoms with Crippen LogP contribution in [0.4, 0.5) is 0 Å². The number of para-hydroxylation sites is 1. The van der Waals surface area contributed by atoms with E-state index in [0.717, 1.165) is 30.0 Å². The number of hydrogen-bond acceptors (Lipinski definition) is 1. The number of pyridine rings is 1. The van der Waals surface area contributed by atoms with Crippen LogP contribution >= 0.6 is 11.6 Å². The first-order valence-electron chi connectivity index (χ1n) is 9.66. The van der Waals surface area contributed by atoms with Crippen molar-refractivity contribution in [3.05, 3.63) is 76.1 Å². The Morgan fingerprint density at radius 3 is 2.81 bits per heavy atom. The molecule has 0 saturated heterocycles. The third kappa shape index (κ3) is 2.93. The molecule has 0 atom stereocenters. The van der Waals surface area contributed by atoms with Gasteiger partial charge in [0.05, 0.1) is 11.2 Å². The molecule has 0 saturated carbocycles. The zero-order valence-corrected chi connectivity index (χ0v) is 16.5. The van der Waals surface area contributed by atoms with Crippen LogP contribution in [-0.2, 0) is 19.3 Å². The van der Waals surface area contributed by atoms with Gasteiger partial charge in [0, 0.05) is 33.4 Å². The van der Waals surface area contributed by atoms with Crippen molar-refractivity contribution in [1.82, 2.24) is 9.97 Å². The van der Waals surface area contributed by atoms with Crippen molar-refractivity contribution in [2.24, 2.45) is 5.41 Å². The number of nitrogens with one attached hydrogen (secondary N) is 1. The lowest BCUT2D eigenvalue weighted by atomic mass is 9.75. The molecule has 4 aromatic rings. The Bertz CT molecular complexity index is 1170. The first-order chi connectivity index (χ1) is 13.0. The molecule has 2 aromatic heterocycles. The second-order valence-electron chi connectivity index (χ2n) is 8.55. The lowest BCUT2D eigenvalue weighted by molar-refractivity contribution is 0.311. The van der Waals surface area contributed by atoms with Crippen LogP contribution in [0.1, 0.15) is 42.8 Å². The molecule has 136 valence electrons. The van der Waals surface area contributed by atoms with Crippen LogP contribution in [0, 0.1) is 5.41 Å². The highest BCUT2D eigenvalue weighted by Gasteiger charge is 2.29. The predicted molar refractivity (Wildman–Crippen MR) is 114 cm³/mol. The van der Waals surface area contributed by atoms with Gasteiger partial charge in [0.2, 0.25) is 0 Å². The van der Waals surface area contributed by atoms with Gasteiger partial charge in [-0.25, -0.2) is 0 Å². The molecule has 3 heteroatoms. The Balaban J connectivity index is 1.77. The summed E-state index contributed by atoms with van der Waals surface area (Å²) >= 11 is 6.22. The average molecular weight is 375 g/mol. The SMILES string of the molecule is CC1(C)CCc2c(nc(Cc3cccc(Cl)c3)c3[nH]c4ccccc4c23)C1. The number of aromatic nitrogens is 2. The van der Waals surface area contributed by atoms with E-state index in [1.54, 1.807) is 0 Å². The van der Waals surface area contributed by atoms with Crippen LogP contribution in [0.25, 0.3) is 21.8 Å². The highest BCUT2D eigenvalue weighted by molar-refractivity contribution is 6.30. The van der Waals surface area contributed by atoms with Gasteiger partial charge in [-0.15, -0.1) is 0 Å². The molecule has 2 aromatic carbocycles. The minimum atomic E-state index is 0.313. The molecular weight excluding hydrogens is 352 g/mol. The minimum absolute atomic E-state index is 0.313. The molecule has 0 fully saturated rings. The molecule has 0 radical (unpaired) electrons. The topological polar surface area (TPSA) is 28.7 Å². The van der Waals surface area contributed by atoms with E-state index in [-0.39, 0.29) is 0 Å². The van der Waals surface area contributed by atoms with E-state index in [0.29, 0.717) is 5.41 Å². The van der Waals surface area contributed by atoms with E-state index in [9.17, 15) is 0 Å². The standard InChI is InChI=1S/C24H23ClN2/c1-24(2)11-10-18-21(14-24)26-20(13-15-6-5-7-16(25)12-15)23-22(18)17-8-3-4-9-19(17)27-23/h3-9,12,27H,10-11,13-14H2,1-2H3. The van der Waals surface area contributed by atoms with Gasteiger partial charge >= 0.3 is 0 Å². The molecule has 0 aliphatic heterocycles. The Morgan fingerprint density at radius 2 is 1.96 bits per heavy atom. The molecule has 27 heavy (non-hydrogen) atoms. The number of aromatic amines is 1. The molecule has 0 bridgehead atoms. The summed E-state index contributed by atoms with van der Waals surface area (Å²) in [6, 6.07) is 16.7. The first-order valence-corrected chi connectivity index (χ1v) is 10.0. The van der Waals surface area contributed by atoms with Crippen molar-refractivity contribution in [2.75, 3.05) is 0 Å². The van der Waals surface area contributed by atoms with E-state index < -0.39 is 0 Å². The van der Waals surface area contributed by atoms with Gasteiger partial charge in [-0.2, -0.15) is 0 Å². The third-order valence-electron chi connectivity index (χ3n) is 5.87. The minimum Gasteiger partial charge on any atom is -0.353 e. The van der Waals surface area contributed by atoms with E-state index in [2.05, 4.69) is 49.2 Å². The number of rotatable bonds is 2. The van der Waals surface area contributed by atoms with Gasteiger partial charge in [0.25, 0.3) is 0 Å². The van der Waals surface area contributed by atoms with Gasteiger partial charge < -0.3 is 4.98 Å². The number of fused-ring (bicyclic) bond motifs is 5. The number of hydrogen-bond donors (Lipinski definition) is 1. The lowest BCUT2D eigenvalue weighted by Gasteiger charge is -2.31. The number of aryl methyl sites for hydroxylation is 1. The summed E-state index contributed by atoms with van der Waals surface area (Å²) in [5, 5.41) is 3.47. The van der Waals surface area contributed by atoms with Crippen LogP contribution in [0.3, 0.4) is 0 Å². The van der Waals surface area contributed by atoms with Crippen molar-refractivity contribution in [3.8, 4) is 0 Å². The second-order valence-corrected chi connectivity index (χ2v) is 8.99. The van der Waals surface area contributed by atoms with Crippen molar-refractivity contribution in [3.63, 3.8) is 0 Å². The quantitative estimate of drug-likeness (QED) is 0.427. The fraction of sp³-hybridized carbons (Fsp3) is 0.292. The lowest BCUT2D eigenvalue weighted by Crippen LogP contribution is -2.24. The number of nitrogens with zero attached hydrogens (tertiary/aromatic N) is 1. The second kappa shape index (κ2) is 6.10. The Kier molecular flexibility index (Phi) is 3.80. The summed E-state index contributed by atoms with van der Waals surface area (Å²) in [7, 11) is 0. The summed E-state index contributed by atoms with van der Waals surface area (Å²) in [5.74, 6) is 0. The predicted octanol–water partition coefficient (Wildman–Crippen LogP) is 6.48. The number of H-pyrrole nitrogens is 1. The average Bonchev–Trinajstić information content (AvgIpc) is 3.01. The van der Waals surface area contributed by atoms with E-state index in [1.807, 2.05) is 18.2 Å². The summed E-state index contributed by atoms with van der Waals surface area (Å²) in [5.41, 5.74) is 7.74. The smallest absolute Gasteiger partial charge is 0.0691 e. The van der Waals surface area contributed by atoms with Crippen molar-refractivity contribution in [1.29, 1.82) is 0 Å². The fourth-order valence-electron chi connectivity index (χ4n) is 4.49. The highest BCUT2D eigenvalue weighted by Crippen LogP contribution is 2.40. The van der Waals surface area contributed by atoms with Crippen LogP contribution in [0.15, 0.2) is 48.5 Å². The highest BCUT2D eigenvalue weighted by atomic mass is 35.5. The normalized spacial score (nSPS) is 16.0. The Labute approximate surface area is 164 Å². The summed E-state index contributed by atoms with van der Waals surface area (Å²) in [4.78, 5) is 8.84. The molecule has 0 unspecified atom stereocenters. The molecule has 0 amide bonds. The maximum absolute atomic E-state index is 6.22. The molecule has 1 aliphatic rings. The molecule has 1 aliphatic carbocycles. The number of halogens is 1. The number of benzene rings is 2. The Hall–Kier alpha value is -2.32. The van der Waals surface area contributed by atoms with Gasteiger partial charge in [0.1, 0.15) is 0 Å². The summed E-state index contributed by atoms with van der Waals surface area (Å²) < 4.78 is 0. The molecule has 2 nitrogen and oxygen atoms in total. The van der Waals surface area contributed by atoms with Gasteiger partial charge in [-0.05, 0) is 54.0 Å². The molecular formula is C24H23ClN2. The maximum atomic E-state index is 6.22. The largest absolute Gasteiger partial charge is 0.353 e. The van der Waals surface area contributed by atoms with Crippen LogP contribution in [-0.4, -0.2) is 9.97 Å². The zero-order valence-electron chi connectivity index (χ0n) is 15.8. The summed E-state index contributed by atoms with van der Waals surface area (Å²) in [6.07, 6.45) is 4.15.